The quantitative estimate of drug-likeness (QED) is 0.325. The Bertz CT molecular complexity index is 1280. The molecule has 0 aliphatic rings. The average molecular weight is 475 g/mol. The van der Waals surface area contributed by atoms with Gasteiger partial charge in [-0.3, -0.25) is 0 Å². The van der Waals surface area contributed by atoms with Gasteiger partial charge in [0.25, 0.3) is 0 Å². The van der Waals surface area contributed by atoms with E-state index >= 15 is 0 Å². The zero-order valence-electron chi connectivity index (χ0n) is 15.6. The third-order valence-corrected chi connectivity index (χ3v) is 6.64. The highest BCUT2D eigenvalue weighted by Crippen LogP contribution is 2.39. The van der Waals surface area contributed by atoms with Crippen molar-refractivity contribution in [1.82, 2.24) is 4.98 Å². The lowest BCUT2D eigenvalue weighted by Crippen LogP contribution is -2.02. The number of carbonyl (C=O) groups is 1. The molecular weight excluding hydrogens is 461 g/mol. The SMILES string of the molecule is Cc1cccc(-c2ccc(-c3nc(-c4ccc(Cl)c(Cl)c4)cs3)c(Cl)c2C(=O)O)c1. The van der Waals surface area contributed by atoms with Crippen LogP contribution in [0.25, 0.3) is 33.0 Å². The molecule has 4 aromatic rings. The van der Waals surface area contributed by atoms with Gasteiger partial charge in [0.05, 0.1) is 26.3 Å². The predicted molar refractivity (Wildman–Crippen MR) is 125 cm³/mol. The van der Waals surface area contributed by atoms with Gasteiger partial charge in [0, 0.05) is 16.5 Å². The molecule has 3 aromatic carbocycles. The Morgan fingerprint density at radius 3 is 2.40 bits per heavy atom. The molecule has 0 amide bonds. The maximum atomic E-state index is 12.1. The van der Waals surface area contributed by atoms with Crippen molar-refractivity contribution in [3.8, 4) is 33.0 Å². The molecule has 7 heteroatoms. The van der Waals surface area contributed by atoms with Crippen LogP contribution in [0, 0.1) is 6.92 Å². The summed E-state index contributed by atoms with van der Waals surface area (Å²) < 4.78 is 0. The summed E-state index contributed by atoms with van der Waals surface area (Å²) in [6.07, 6.45) is 0. The van der Waals surface area contributed by atoms with Crippen LogP contribution in [0.5, 0.6) is 0 Å². The van der Waals surface area contributed by atoms with Crippen molar-refractivity contribution in [2.24, 2.45) is 0 Å². The van der Waals surface area contributed by atoms with Crippen LogP contribution in [0.15, 0.2) is 60.0 Å². The zero-order chi connectivity index (χ0) is 21.4. The highest BCUT2D eigenvalue weighted by Gasteiger charge is 2.21. The predicted octanol–water partition coefficient (Wildman–Crippen LogP) is 8.11. The molecule has 1 heterocycles. The maximum absolute atomic E-state index is 12.1. The summed E-state index contributed by atoms with van der Waals surface area (Å²) in [6, 6.07) is 16.5. The minimum Gasteiger partial charge on any atom is -0.478 e. The Morgan fingerprint density at radius 1 is 0.933 bits per heavy atom. The molecule has 0 spiro atoms. The summed E-state index contributed by atoms with van der Waals surface area (Å²) in [5.41, 5.74) is 4.57. The Kier molecular flexibility index (Phi) is 5.85. The van der Waals surface area contributed by atoms with Crippen LogP contribution in [0.3, 0.4) is 0 Å². The Morgan fingerprint density at radius 2 is 1.70 bits per heavy atom. The van der Waals surface area contributed by atoms with E-state index in [4.69, 9.17) is 34.8 Å². The lowest BCUT2D eigenvalue weighted by atomic mass is 9.96. The number of rotatable bonds is 4. The number of benzene rings is 3. The van der Waals surface area contributed by atoms with Crippen molar-refractivity contribution < 1.29 is 9.90 Å². The first-order valence-electron chi connectivity index (χ1n) is 8.89. The van der Waals surface area contributed by atoms with Crippen molar-refractivity contribution in [2.75, 3.05) is 0 Å². The second-order valence-corrected chi connectivity index (χ2v) is 8.74. The largest absolute Gasteiger partial charge is 0.478 e. The molecule has 3 nitrogen and oxygen atoms in total. The maximum Gasteiger partial charge on any atom is 0.337 e. The monoisotopic (exact) mass is 473 g/mol. The molecular formula is C23H14Cl3NO2S. The third kappa shape index (κ3) is 3.96. The molecule has 30 heavy (non-hydrogen) atoms. The topological polar surface area (TPSA) is 50.2 Å². The van der Waals surface area contributed by atoms with Crippen LogP contribution in [0.1, 0.15) is 15.9 Å². The smallest absolute Gasteiger partial charge is 0.337 e. The first kappa shape index (κ1) is 20.9. The lowest BCUT2D eigenvalue weighted by molar-refractivity contribution is 0.0698. The van der Waals surface area contributed by atoms with E-state index in [9.17, 15) is 9.90 Å². The summed E-state index contributed by atoms with van der Waals surface area (Å²) in [5.74, 6) is -1.08. The van der Waals surface area contributed by atoms with Gasteiger partial charge in [-0.2, -0.15) is 0 Å². The number of nitrogens with zero attached hydrogens (tertiary/aromatic N) is 1. The molecule has 0 unspecified atom stereocenters. The van der Waals surface area contributed by atoms with Gasteiger partial charge in [-0.15, -0.1) is 11.3 Å². The number of aromatic carboxylic acids is 1. The van der Waals surface area contributed by atoms with Crippen molar-refractivity contribution >= 4 is 52.1 Å². The number of aromatic nitrogens is 1. The molecule has 0 aliphatic heterocycles. The Balaban J connectivity index is 1.81. The van der Waals surface area contributed by atoms with E-state index in [0.29, 0.717) is 31.9 Å². The molecule has 0 bridgehead atoms. The van der Waals surface area contributed by atoms with Crippen molar-refractivity contribution in [3.63, 3.8) is 0 Å². The normalized spacial score (nSPS) is 10.9. The van der Waals surface area contributed by atoms with E-state index in [1.54, 1.807) is 18.2 Å². The molecule has 4 rings (SSSR count). The fourth-order valence-corrected chi connectivity index (χ4v) is 4.74. The van der Waals surface area contributed by atoms with Crippen LogP contribution in [0.2, 0.25) is 15.1 Å². The van der Waals surface area contributed by atoms with Gasteiger partial charge in [-0.25, -0.2) is 9.78 Å². The molecule has 0 radical (unpaired) electrons. The van der Waals surface area contributed by atoms with Crippen LogP contribution >= 0.6 is 46.1 Å². The summed E-state index contributed by atoms with van der Waals surface area (Å²) >= 11 is 20.1. The average Bonchev–Trinajstić information content (AvgIpc) is 3.19. The van der Waals surface area contributed by atoms with Gasteiger partial charge < -0.3 is 5.11 Å². The minimum atomic E-state index is -1.08. The summed E-state index contributed by atoms with van der Waals surface area (Å²) in [4.78, 5) is 16.7. The van der Waals surface area contributed by atoms with Gasteiger partial charge in [0.15, 0.2) is 0 Å². The number of thiazole rings is 1. The van der Waals surface area contributed by atoms with E-state index in [1.807, 2.05) is 48.7 Å². The second kappa shape index (κ2) is 8.40. The van der Waals surface area contributed by atoms with Crippen molar-refractivity contribution in [2.45, 2.75) is 6.92 Å². The third-order valence-electron chi connectivity index (χ3n) is 4.63. The fraction of sp³-hybridized carbons (Fsp3) is 0.0435. The number of carboxylic acid groups (broad SMARTS) is 1. The highest BCUT2D eigenvalue weighted by atomic mass is 35.5. The van der Waals surface area contributed by atoms with Crippen molar-refractivity contribution in [3.05, 3.63) is 86.2 Å². The van der Waals surface area contributed by atoms with Gasteiger partial charge in [0.1, 0.15) is 5.01 Å². The van der Waals surface area contributed by atoms with Gasteiger partial charge in [-0.1, -0.05) is 76.8 Å². The van der Waals surface area contributed by atoms with E-state index in [1.165, 1.54) is 11.3 Å². The second-order valence-electron chi connectivity index (χ2n) is 6.69. The molecule has 0 atom stereocenters. The molecule has 0 aliphatic carbocycles. The van der Waals surface area contributed by atoms with Gasteiger partial charge in [-0.05, 0) is 36.2 Å². The molecule has 1 aromatic heterocycles. The number of hydrogen-bond donors (Lipinski definition) is 1. The summed E-state index contributed by atoms with van der Waals surface area (Å²) in [5, 5.41) is 13.4. The zero-order valence-corrected chi connectivity index (χ0v) is 18.7. The Labute approximate surface area is 192 Å². The Hall–Kier alpha value is -2.37. The molecule has 0 saturated heterocycles. The number of halogens is 3. The molecule has 0 saturated carbocycles. The highest BCUT2D eigenvalue weighted by molar-refractivity contribution is 7.13. The van der Waals surface area contributed by atoms with E-state index in [0.717, 1.165) is 16.7 Å². The first-order valence-corrected chi connectivity index (χ1v) is 10.9. The molecule has 1 N–H and O–H groups in total. The van der Waals surface area contributed by atoms with Gasteiger partial charge in [0.2, 0.25) is 0 Å². The van der Waals surface area contributed by atoms with Crippen LogP contribution in [-0.2, 0) is 0 Å². The molecule has 0 fully saturated rings. The lowest BCUT2D eigenvalue weighted by Gasteiger charge is -2.12. The van der Waals surface area contributed by atoms with Crippen molar-refractivity contribution in [1.29, 1.82) is 0 Å². The first-order chi connectivity index (χ1) is 14.3. The van der Waals surface area contributed by atoms with E-state index < -0.39 is 5.97 Å². The number of hydrogen-bond acceptors (Lipinski definition) is 3. The number of aryl methyl sites for hydroxylation is 1. The standard InChI is InChI=1S/C23H14Cl3NO2S/c1-12-3-2-4-13(9-12)15-6-7-16(21(26)20(15)23(28)29)22-27-19(11-30-22)14-5-8-17(24)18(25)10-14/h2-11H,1H3,(H,28,29). The number of carboxylic acids is 1. The van der Waals surface area contributed by atoms with E-state index in [-0.39, 0.29) is 10.6 Å². The summed E-state index contributed by atoms with van der Waals surface area (Å²) in [6.45, 7) is 1.96. The van der Waals surface area contributed by atoms with Crippen LogP contribution < -0.4 is 0 Å². The summed E-state index contributed by atoms with van der Waals surface area (Å²) in [7, 11) is 0. The van der Waals surface area contributed by atoms with Crippen LogP contribution in [0.4, 0.5) is 0 Å². The minimum absolute atomic E-state index is 0.0612. The van der Waals surface area contributed by atoms with E-state index in [2.05, 4.69) is 4.98 Å². The fourth-order valence-electron chi connectivity index (χ4n) is 3.19. The van der Waals surface area contributed by atoms with Gasteiger partial charge >= 0.3 is 5.97 Å². The molecule has 150 valence electrons. The van der Waals surface area contributed by atoms with Crippen LogP contribution in [-0.4, -0.2) is 16.1 Å².